The van der Waals surface area contributed by atoms with Crippen LogP contribution < -0.4 is 26.6 Å². The number of nitrogens with zero attached hydrogens (tertiary/aromatic N) is 2. The topological polar surface area (TPSA) is 129 Å². The van der Waals surface area contributed by atoms with Gasteiger partial charge in [0, 0.05) is 59.8 Å². The standard InChI is InChI=1S/C30H40N6O3/c1-4-17(3)34-26-15-24(25(32-5-2)14-23(26)29(31)38)30(39)35-20-12-21-9-10-22(13-20)36(21)27-11-8-19(16-33-27)28(37)18-6-7-18/h8,11,14-18,20-22,32,34H,4-7,9-10,12-13H2,1-3H3,(H2,31,38)(H,35,39)/t17-,20?,21?,22?/m1/s1. The van der Waals surface area contributed by atoms with Crippen LogP contribution in [0.1, 0.15) is 96.8 Å². The molecule has 2 amide bonds. The monoisotopic (exact) mass is 532 g/mol. The number of aromatic nitrogens is 1. The van der Waals surface area contributed by atoms with E-state index in [0.717, 1.165) is 50.8 Å². The highest BCUT2D eigenvalue weighted by molar-refractivity contribution is 6.06. The van der Waals surface area contributed by atoms with E-state index < -0.39 is 5.91 Å². The van der Waals surface area contributed by atoms with Crippen molar-refractivity contribution in [2.24, 2.45) is 11.7 Å². The quantitative estimate of drug-likeness (QED) is 0.317. The number of anilines is 3. The van der Waals surface area contributed by atoms with Crippen molar-refractivity contribution in [3.63, 3.8) is 0 Å². The van der Waals surface area contributed by atoms with Gasteiger partial charge in [-0.2, -0.15) is 0 Å². The molecule has 3 heterocycles. The normalized spacial score (nSPS) is 22.7. The molecule has 3 aliphatic rings. The maximum absolute atomic E-state index is 13.6. The summed E-state index contributed by atoms with van der Waals surface area (Å²) in [5, 5.41) is 9.84. The summed E-state index contributed by atoms with van der Waals surface area (Å²) in [6, 6.07) is 8.07. The lowest BCUT2D eigenvalue weighted by Crippen LogP contribution is -2.50. The molecule has 2 aliphatic heterocycles. The summed E-state index contributed by atoms with van der Waals surface area (Å²) in [4.78, 5) is 45.2. The SMILES string of the molecule is CCNc1cc(C(N)=O)c(N[C@H](C)CC)cc1C(=O)NC1CC2CCC(C1)N2c1ccc(C(=O)C2CC2)cn1. The molecule has 2 aromatic rings. The van der Waals surface area contributed by atoms with Crippen LogP contribution in [0, 0.1) is 5.92 Å². The third-order valence-corrected chi connectivity index (χ3v) is 8.36. The number of fused-ring (bicyclic) bond motifs is 2. The van der Waals surface area contributed by atoms with E-state index in [1.807, 2.05) is 26.0 Å². The lowest BCUT2D eigenvalue weighted by Gasteiger charge is -2.40. The average molecular weight is 533 g/mol. The molecule has 1 aromatic heterocycles. The van der Waals surface area contributed by atoms with E-state index in [2.05, 4.69) is 32.8 Å². The molecule has 2 unspecified atom stereocenters. The van der Waals surface area contributed by atoms with E-state index in [1.54, 1.807) is 18.3 Å². The van der Waals surface area contributed by atoms with Gasteiger partial charge in [-0.1, -0.05) is 6.92 Å². The minimum absolute atomic E-state index is 0.0400. The first-order chi connectivity index (χ1) is 18.8. The molecule has 0 spiro atoms. The number of ketones is 1. The summed E-state index contributed by atoms with van der Waals surface area (Å²) in [7, 11) is 0. The Morgan fingerprint density at radius 2 is 1.72 bits per heavy atom. The fraction of sp³-hybridized carbons (Fsp3) is 0.533. The number of benzene rings is 1. The molecular formula is C30H40N6O3. The Hall–Kier alpha value is -3.62. The highest BCUT2D eigenvalue weighted by Gasteiger charge is 2.42. The van der Waals surface area contributed by atoms with Gasteiger partial charge in [-0.25, -0.2) is 4.98 Å². The highest BCUT2D eigenvalue weighted by atomic mass is 16.2. The Morgan fingerprint density at radius 3 is 2.28 bits per heavy atom. The second-order valence-electron chi connectivity index (χ2n) is 11.3. The molecular weight excluding hydrogens is 492 g/mol. The molecule has 2 saturated heterocycles. The molecule has 3 atom stereocenters. The maximum atomic E-state index is 13.6. The van der Waals surface area contributed by atoms with Crippen LogP contribution in [0.25, 0.3) is 0 Å². The largest absolute Gasteiger partial charge is 0.385 e. The van der Waals surface area contributed by atoms with Crippen LogP contribution in [0.4, 0.5) is 17.2 Å². The zero-order chi connectivity index (χ0) is 27.7. The van der Waals surface area contributed by atoms with E-state index in [0.29, 0.717) is 46.7 Å². The molecule has 0 radical (unpaired) electrons. The van der Waals surface area contributed by atoms with Crippen molar-refractivity contribution in [1.82, 2.24) is 10.3 Å². The average Bonchev–Trinajstić information content (AvgIpc) is 3.73. The Labute approximate surface area is 230 Å². The predicted molar refractivity (Wildman–Crippen MR) is 154 cm³/mol. The van der Waals surface area contributed by atoms with Gasteiger partial charge in [0.2, 0.25) is 0 Å². The maximum Gasteiger partial charge on any atom is 0.253 e. The first-order valence-corrected chi connectivity index (χ1v) is 14.4. The number of carbonyl (C=O) groups excluding carboxylic acids is 3. The number of rotatable bonds is 11. The number of primary amides is 1. The molecule has 1 saturated carbocycles. The van der Waals surface area contributed by atoms with E-state index in [9.17, 15) is 14.4 Å². The minimum Gasteiger partial charge on any atom is -0.385 e. The summed E-state index contributed by atoms with van der Waals surface area (Å²) >= 11 is 0. The van der Waals surface area contributed by atoms with Crippen molar-refractivity contribution in [3.05, 3.63) is 47.2 Å². The van der Waals surface area contributed by atoms with Gasteiger partial charge in [0.15, 0.2) is 5.78 Å². The van der Waals surface area contributed by atoms with Gasteiger partial charge in [0.25, 0.3) is 11.8 Å². The van der Waals surface area contributed by atoms with Crippen molar-refractivity contribution in [3.8, 4) is 0 Å². The molecule has 3 fully saturated rings. The lowest BCUT2D eigenvalue weighted by atomic mass is 9.96. The fourth-order valence-electron chi connectivity index (χ4n) is 6.01. The van der Waals surface area contributed by atoms with Crippen LogP contribution in [0.15, 0.2) is 30.5 Å². The minimum atomic E-state index is -0.533. The van der Waals surface area contributed by atoms with Crippen LogP contribution in [0.2, 0.25) is 0 Å². The van der Waals surface area contributed by atoms with E-state index >= 15 is 0 Å². The number of Topliss-reactive ketones (excluding diaryl/α,β-unsaturated/α-hetero) is 1. The second-order valence-corrected chi connectivity index (χ2v) is 11.3. The highest BCUT2D eigenvalue weighted by Crippen LogP contribution is 2.39. The molecule has 1 aliphatic carbocycles. The van der Waals surface area contributed by atoms with E-state index in [-0.39, 0.29) is 29.7 Å². The number of piperidine rings is 1. The number of amides is 2. The van der Waals surface area contributed by atoms with Crippen LogP contribution in [0.5, 0.6) is 0 Å². The molecule has 9 nitrogen and oxygen atoms in total. The van der Waals surface area contributed by atoms with E-state index in [1.165, 1.54) is 0 Å². The van der Waals surface area contributed by atoms with Crippen LogP contribution in [0.3, 0.4) is 0 Å². The molecule has 9 heteroatoms. The predicted octanol–water partition coefficient (Wildman–Crippen LogP) is 4.35. The van der Waals surface area contributed by atoms with Gasteiger partial charge in [0.05, 0.1) is 11.1 Å². The van der Waals surface area contributed by atoms with Gasteiger partial charge in [-0.3, -0.25) is 14.4 Å². The van der Waals surface area contributed by atoms with Gasteiger partial charge in [0.1, 0.15) is 5.82 Å². The number of nitrogens with two attached hydrogens (primary N) is 1. The van der Waals surface area contributed by atoms with Gasteiger partial charge in [-0.15, -0.1) is 0 Å². The summed E-state index contributed by atoms with van der Waals surface area (Å²) in [6.07, 6.45) is 8.36. The number of nitrogens with one attached hydrogen (secondary N) is 3. The third kappa shape index (κ3) is 5.72. The first-order valence-electron chi connectivity index (χ1n) is 14.4. The van der Waals surface area contributed by atoms with Crippen molar-refractivity contribution >= 4 is 34.8 Å². The number of carbonyl (C=O) groups is 3. The molecule has 5 N–H and O–H groups in total. The summed E-state index contributed by atoms with van der Waals surface area (Å²) in [6.45, 7) is 6.64. The molecule has 2 bridgehead atoms. The Bertz CT molecular complexity index is 1230. The van der Waals surface area contributed by atoms with Gasteiger partial charge < -0.3 is 26.6 Å². The van der Waals surface area contributed by atoms with Crippen molar-refractivity contribution in [2.75, 3.05) is 22.1 Å². The summed E-state index contributed by atoms with van der Waals surface area (Å²) < 4.78 is 0. The molecule has 1 aromatic carbocycles. The first kappa shape index (κ1) is 27.0. The number of hydrogen-bond acceptors (Lipinski definition) is 7. The second kappa shape index (κ2) is 11.2. The van der Waals surface area contributed by atoms with Gasteiger partial charge in [-0.05, 0) is 83.1 Å². The van der Waals surface area contributed by atoms with Crippen molar-refractivity contribution in [2.45, 2.75) is 89.9 Å². The Balaban J connectivity index is 1.30. The Morgan fingerprint density at radius 1 is 1.03 bits per heavy atom. The third-order valence-electron chi connectivity index (χ3n) is 8.36. The van der Waals surface area contributed by atoms with Crippen LogP contribution in [-0.2, 0) is 0 Å². The van der Waals surface area contributed by atoms with Crippen LogP contribution in [-0.4, -0.2) is 53.3 Å². The smallest absolute Gasteiger partial charge is 0.253 e. The number of pyridine rings is 1. The molecule has 5 rings (SSSR count). The van der Waals surface area contributed by atoms with Gasteiger partial charge >= 0.3 is 0 Å². The summed E-state index contributed by atoms with van der Waals surface area (Å²) in [5.41, 5.74) is 8.43. The molecule has 39 heavy (non-hydrogen) atoms. The van der Waals surface area contributed by atoms with E-state index in [4.69, 9.17) is 5.73 Å². The zero-order valence-electron chi connectivity index (χ0n) is 23.1. The molecule has 208 valence electrons. The van der Waals surface area contributed by atoms with Crippen LogP contribution >= 0.6 is 0 Å². The summed E-state index contributed by atoms with van der Waals surface area (Å²) in [5.74, 6) is 0.622. The van der Waals surface area contributed by atoms with Crippen molar-refractivity contribution in [1.29, 1.82) is 0 Å². The Kier molecular flexibility index (Phi) is 7.77. The number of hydrogen-bond donors (Lipinski definition) is 4. The lowest BCUT2D eigenvalue weighted by molar-refractivity contribution is 0.0925. The fourth-order valence-corrected chi connectivity index (χ4v) is 6.01. The van der Waals surface area contributed by atoms with Crippen molar-refractivity contribution < 1.29 is 14.4 Å². The zero-order valence-corrected chi connectivity index (χ0v) is 23.1.